The highest BCUT2D eigenvalue weighted by atomic mass is 16.7. The number of hydrogen-bond acceptors (Lipinski definition) is 5. The van der Waals surface area contributed by atoms with Crippen molar-refractivity contribution in [2.24, 2.45) is 0 Å². The highest BCUT2D eigenvalue weighted by molar-refractivity contribution is 5.88. The largest absolute Gasteiger partial charge is 0.387 e. The van der Waals surface area contributed by atoms with Crippen LogP contribution in [0, 0.1) is 0 Å². The highest BCUT2D eigenvalue weighted by Gasteiger charge is 2.44. The van der Waals surface area contributed by atoms with Gasteiger partial charge in [-0.2, -0.15) is 0 Å². The maximum atomic E-state index is 10.2. The predicted molar refractivity (Wildman–Crippen MR) is 149 cm³/mol. The Morgan fingerprint density at radius 1 is 0.865 bits per heavy atom. The summed E-state index contributed by atoms with van der Waals surface area (Å²) in [7, 11) is 1.46. The Bertz CT molecular complexity index is 1160. The fourth-order valence-electron chi connectivity index (χ4n) is 4.78. The Morgan fingerprint density at radius 2 is 1.51 bits per heavy atom. The number of pyridine rings is 1. The second kappa shape index (κ2) is 13.2. The predicted octanol–water partition coefficient (Wildman–Crippen LogP) is 4.80. The SMILES string of the molecule is CCCCN(CCCC)c1ccc2cc(/C=C/c3cc[n+](C[C@H]4OC(OC)[C@H](O)[C@@H]4O)cc3)ccc2c1. The van der Waals surface area contributed by atoms with Gasteiger partial charge in [0, 0.05) is 38.0 Å². The van der Waals surface area contributed by atoms with Gasteiger partial charge in [0.25, 0.3) is 0 Å². The molecule has 2 heterocycles. The average molecular weight is 506 g/mol. The first-order valence-corrected chi connectivity index (χ1v) is 13.5. The third-order valence-electron chi connectivity index (χ3n) is 7.10. The van der Waals surface area contributed by atoms with Crippen LogP contribution in [0.15, 0.2) is 60.9 Å². The summed E-state index contributed by atoms with van der Waals surface area (Å²) in [5.74, 6) is 0. The number of methoxy groups -OCH3 is 1. The van der Waals surface area contributed by atoms with Crippen LogP contribution in [-0.4, -0.2) is 55.0 Å². The molecular weight excluding hydrogens is 464 g/mol. The molecule has 0 bridgehead atoms. The minimum atomic E-state index is -1.03. The standard InChI is InChI=1S/C31H41N2O4/c1-4-6-16-33(17-7-5-2)27-13-12-25-20-24(10-11-26(25)21-27)9-8-23-14-18-32(19-15-23)22-28-29(34)30(35)31(36-3)37-28/h8-15,18-21,28-31,34-35H,4-7,16-17,22H2,1-3H3/q+1/t28-,29-,30-,31?/m1/s1. The second-order valence-electron chi connectivity index (χ2n) is 9.91. The molecule has 0 spiro atoms. The van der Waals surface area contributed by atoms with Crippen LogP contribution >= 0.6 is 0 Å². The number of fused-ring (bicyclic) bond motifs is 1. The van der Waals surface area contributed by atoms with Gasteiger partial charge in [0.05, 0.1) is 0 Å². The molecule has 0 radical (unpaired) electrons. The molecule has 1 aromatic heterocycles. The van der Waals surface area contributed by atoms with Crippen molar-refractivity contribution in [2.75, 3.05) is 25.1 Å². The van der Waals surface area contributed by atoms with Crippen molar-refractivity contribution in [3.05, 3.63) is 72.1 Å². The van der Waals surface area contributed by atoms with Crippen LogP contribution in [0.1, 0.15) is 50.7 Å². The van der Waals surface area contributed by atoms with Crippen molar-refractivity contribution in [3.63, 3.8) is 0 Å². The van der Waals surface area contributed by atoms with Crippen molar-refractivity contribution >= 4 is 28.6 Å². The van der Waals surface area contributed by atoms with Crippen molar-refractivity contribution in [1.82, 2.24) is 0 Å². The molecule has 0 aliphatic carbocycles. The monoisotopic (exact) mass is 505 g/mol. The molecule has 1 aliphatic heterocycles. The molecule has 2 N–H and O–H groups in total. The highest BCUT2D eigenvalue weighted by Crippen LogP contribution is 2.25. The number of aliphatic hydroxyl groups excluding tert-OH is 2. The molecule has 6 heteroatoms. The van der Waals surface area contributed by atoms with E-state index >= 15 is 0 Å². The molecule has 4 atom stereocenters. The van der Waals surface area contributed by atoms with E-state index in [0.717, 1.165) is 24.2 Å². The molecule has 0 amide bonds. The van der Waals surface area contributed by atoms with E-state index in [1.165, 1.54) is 49.3 Å². The number of aromatic nitrogens is 1. The van der Waals surface area contributed by atoms with Gasteiger partial charge in [-0.15, -0.1) is 0 Å². The first kappa shape index (κ1) is 27.3. The number of nitrogens with zero attached hydrogens (tertiary/aromatic N) is 2. The number of benzene rings is 2. The molecule has 198 valence electrons. The number of unbranched alkanes of at least 4 members (excludes halogenated alkanes) is 2. The third-order valence-corrected chi connectivity index (χ3v) is 7.10. The zero-order valence-electron chi connectivity index (χ0n) is 22.3. The van der Waals surface area contributed by atoms with Gasteiger partial charge in [-0.3, -0.25) is 0 Å². The summed E-state index contributed by atoms with van der Waals surface area (Å²) in [4.78, 5) is 2.53. The van der Waals surface area contributed by atoms with E-state index in [-0.39, 0.29) is 0 Å². The first-order chi connectivity index (χ1) is 18.0. The normalized spacial score (nSPS) is 21.8. The van der Waals surface area contributed by atoms with Crippen LogP contribution in [0.4, 0.5) is 5.69 Å². The summed E-state index contributed by atoms with van der Waals surface area (Å²) in [6.45, 7) is 7.16. The topological polar surface area (TPSA) is 66.0 Å². The Kier molecular flexibility index (Phi) is 9.69. The van der Waals surface area contributed by atoms with E-state index in [2.05, 4.69) is 67.3 Å². The van der Waals surface area contributed by atoms with Gasteiger partial charge in [0.1, 0.15) is 18.3 Å². The summed E-state index contributed by atoms with van der Waals surface area (Å²) >= 11 is 0. The summed E-state index contributed by atoms with van der Waals surface area (Å²) in [6.07, 6.45) is 9.68. The van der Waals surface area contributed by atoms with Crippen molar-refractivity contribution in [1.29, 1.82) is 0 Å². The van der Waals surface area contributed by atoms with Gasteiger partial charge in [-0.05, 0) is 52.9 Å². The molecule has 6 nitrogen and oxygen atoms in total. The maximum Gasteiger partial charge on any atom is 0.186 e. The minimum Gasteiger partial charge on any atom is -0.387 e. The van der Waals surface area contributed by atoms with Gasteiger partial charge in [-0.1, -0.05) is 57.0 Å². The lowest BCUT2D eigenvalue weighted by Gasteiger charge is -2.25. The molecular formula is C31H41N2O4+. The molecule has 1 unspecified atom stereocenters. The molecule has 37 heavy (non-hydrogen) atoms. The number of aliphatic hydroxyl groups is 2. The van der Waals surface area contributed by atoms with E-state index < -0.39 is 24.6 Å². The van der Waals surface area contributed by atoms with Gasteiger partial charge >= 0.3 is 0 Å². The van der Waals surface area contributed by atoms with Crippen LogP contribution in [0.25, 0.3) is 22.9 Å². The molecule has 3 aromatic rings. The van der Waals surface area contributed by atoms with Gasteiger partial charge < -0.3 is 24.6 Å². The maximum absolute atomic E-state index is 10.2. The zero-order valence-corrected chi connectivity index (χ0v) is 22.3. The van der Waals surface area contributed by atoms with Crippen LogP contribution in [0.3, 0.4) is 0 Å². The molecule has 1 saturated heterocycles. The average Bonchev–Trinajstić information content (AvgIpc) is 3.20. The molecule has 1 aliphatic rings. The van der Waals surface area contributed by atoms with Gasteiger partial charge in [0.2, 0.25) is 0 Å². The summed E-state index contributed by atoms with van der Waals surface area (Å²) in [5.41, 5.74) is 3.56. The van der Waals surface area contributed by atoms with E-state index in [9.17, 15) is 10.2 Å². The summed E-state index contributed by atoms with van der Waals surface area (Å²) in [6, 6.07) is 17.5. The lowest BCUT2D eigenvalue weighted by molar-refractivity contribution is -0.704. The van der Waals surface area contributed by atoms with Crippen molar-refractivity contribution in [2.45, 2.75) is 70.7 Å². The minimum absolute atomic E-state index is 0.434. The molecule has 1 fully saturated rings. The van der Waals surface area contributed by atoms with Gasteiger partial charge in [0.15, 0.2) is 25.2 Å². The zero-order chi connectivity index (χ0) is 26.2. The van der Waals surface area contributed by atoms with Gasteiger partial charge in [-0.25, -0.2) is 4.57 Å². The summed E-state index contributed by atoms with van der Waals surface area (Å²) in [5, 5.41) is 22.7. The molecule has 2 aromatic carbocycles. The number of ether oxygens (including phenoxy) is 2. The van der Waals surface area contributed by atoms with Crippen molar-refractivity contribution < 1.29 is 24.3 Å². The van der Waals surface area contributed by atoms with Crippen molar-refractivity contribution in [3.8, 4) is 0 Å². The number of rotatable bonds is 12. The van der Waals surface area contributed by atoms with Crippen LogP contribution in [0.2, 0.25) is 0 Å². The molecule has 0 saturated carbocycles. The Hall–Kier alpha value is -2.77. The lowest BCUT2D eigenvalue weighted by atomic mass is 10.0. The summed E-state index contributed by atoms with van der Waals surface area (Å²) < 4.78 is 12.6. The Labute approximate surface area is 220 Å². The smallest absolute Gasteiger partial charge is 0.186 e. The van der Waals surface area contributed by atoms with E-state index in [1.807, 2.05) is 29.1 Å². The van der Waals surface area contributed by atoms with E-state index in [0.29, 0.717) is 6.54 Å². The van der Waals surface area contributed by atoms with Crippen LogP contribution in [-0.2, 0) is 16.0 Å². The molecule has 4 rings (SSSR count). The Morgan fingerprint density at radius 3 is 2.16 bits per heavy atom. The Balaban J connectivity index is 1.40. The van der Waals surface area contributed by atoms with Crippen LogP contribution in [0.5, 0.6) is 0 Å². The van der Waals surface area contributed by atoms with E-state index in [4.69, 9.17) is 9.47 Å². The number of anilines is 1. The number of hydrogen-bond donors (Lipinski definition) is 2. The fraction of sp³-hybridized carbons (Fsp3) is 0.452. The first-order valence-electron chi connectivity index (χ1n) is 13.5. The lowest BCUT2D eigenvalue weighted by Crippen LogP contribution is -2.44. The third kappa shape index (κ3) is 6.96. The van der Waals surface area contributed by atoms with E-state index in [1.54, 1.807) is 0 Å². The van der Waals surface area contributed by atoms with Crippen LogP contribution < -0.4 is 9.47 Å². The quantitative estimate of drug-likeness (QED) is 0.346. The fourth-order valence-corrected chi connectivity index (χ4v) is 4.78. The second-order valence-corrected chi connectivity index (χ2v) is 9.91.